The zero-order valence-electron chi connectivity index (χ0n) is 17.9. The summed E-state index contributed by atoms with van der Waals surface area (Å²) in [5.41, 5.74) is 0.711. The van der Waals surface area contributed by atoms with Crippen molar-refractivity contribution in [3.05, 3.63) is 27.4 Å². The molecule has 1 N–H and O–H groups in total. The molecule has 1 aliphatic rings. The molecule has 0 spiro atoms. The first-order valence-electron chi connectivity index (χ1n) is 10.3. The van der Waals surface area contributed by atoms with Crippen molar-refractivity contribution < 1.29 is 19.0 Å². The van der Waals surface area contributed by atoms with Crippen molar-refractivity contribution in [2.75, 3.05) is 26.7 Å². The Morgan fingerprint density at radius 3 is 2.67 bits per heavy atom. The zero-order valence-corrected chi connectivity index (χ0v) is 18.7. The quantitative estimate of drug-likeness (QED) is 0.525. The molecule has 2 aromatic heterocycles. The molecular weight excluding hydrogens is 408 g/mol. The smallest absolute Gasteiger partial charge is 0.431 e. The molecule has 9 nitrogen and oxygen atoms in total. The normalized spacial score (nSPS) is 16.8. The molecule has 1 atom stereocenters. The van der Waals surface area contributed by atoms with E-state index >= 15 is 0 Å². The van der Waals surface area contributed by atoms with Crippen LogP contribution in [0.4, 0.5) is 4.79 Å². The van der Waals surface area contributed by atoms with E-state index in [1.54, 1.807) is 23.8 Å². The van der Waals surface area contributed by atoms with Gasteiger partial charge in [0.15, 0.2) is 11.0 Å². The number of aromatic amines is 1. The van der Waals surface area contributed by atoms with Crippen LogP contribution in [0.25, 0.3) is 11.0 Å². The Balaban J connectivity index is 1.74. The number of hydrogen-bond acceptors (Lipinski definition) is 7. The van der Waals surface area contributed by atoms with Gasteiger partial charge >= 0.3 is 6.16 Å². The molecule has 0 aliphatic carbocycles. The van der Waals surface area contributed by atoms with Gasteiger partial charge in [0.1, 0.15) is 11.6 Å². The lowest BCUT2D eigenvalue weighted by Crippen LogP contribution is -2.35. The third-order valence-corrected chi connectivity index (χ3v) is 5.54. The Labute approximate surface area is 180 Å². The number of ether oxygens (including phenoxy) is 3. The minimum Gasteiger partial charge on any atom is -0.431 e. The molecule has 1 saturated heterocycles. The number of hydrogen-bond donors (Lipinski definition) is 1. The second-order valence-electron chi connectivity index (χ2n) is 7.87. The Morgan fingerprint density at radius 2 is 2.00 bits per heavy atom. The van der Waals surface area contributed by atoms with Crippen molar-refractivity contribution in [3.8, 4) is 0 Å². The molecular formula is C20H30N4O5S. The van der Waals surface area contributed by atoms with Crippen molar-refractivity contribution in [3.63, 3.8) is 0 Å². The second-order valence-corrected chi connectivity index (χ2v) is 8.26. The molecule has 30 heavy (non-hydrogen) atoms. The zero-order chi connectivity index (χ0) is 21.8. The maximum absolute atomic E-state index is 12.6. The molecule has 3 heterocycles. The average Bonchev–Trinajstić information content (AvgIpc) is 3.11. The monoisotopic (exact) mass is 438 g/mol. The standard InChI is InChI=1S/C20H30N4O5S/c1-13(2)27-12-11-24-16-7-10-23(17(16)18(25)21-19(24)30)14(3)28-20(26)29-15-5-8-22(4)9-6-15/h7,10,13-15H,5-6,8-9,11-12H2,1-4H3,(H,21,25,30). The lowest BCUT2D eigenvalue weighted by atomic mass is 10.1. The topological polar surface area (TPSA) is 90.7 Å². The average molecular weight is 439 g/mol. The molecule has 0 saturated carbocycles. The van der Waals surface area contributed by atoms with Gasteiger partial charge in [-0.1, -0.05) is 0 Å². The lowest BCUT2D eigenvalue weighted by molar-refractivity contribution is -0.0288. The van der Waals surface area contributed by atoms with Crippen molar-refractivity contribution in [2.45, 2.75) is 58.6 Å². The summed E-state index contributed by atoms with van der Waals surface area (Å²) in [4.78, 5) is 29.7. The van der Waals surface area contributed by atoms with Gasteiger partial charge in [-0.25, -0.2) is 4.79 Å². The minimum absolute atomic E-state index is 0.103. The van der Waals surface area contributed by atoms with Crippen LogP contribution < -0.4 is 5.56 Å². The van der Waals surface area contributed by atoms with E-state index in [1.165, 1.54) is 0 Å². The van der Waals surface area contributed by atoms with E-state index in [9.17, 15) is 9.59 Å². The molecule has 0 radical (unpaired) electrons. The van der Waals surface area contributed by atoms with Crippen LogP contribution in [0.15, 0.2) is 17.1 Å². The number of piperidine rings is 1. The van der Waals surface area contributed by atoms with E-state index in [1.807, 2.05) is 25.5 Å². The third kappa shape index (κ3) is 5.30. The predicted octanol–water partition coefficient (Wildman–Crippen LogP) is 3.05. The van der Waals surface area contributed by atoms with Gasteiger partial charge in [0.25, 0.3) is 5.56 Å². The Bertz CT molecular complexity index is 987. The van der Waals surface area contributed by atoms with Gasteiger partial charge in [0, 0.05) is 25.8 Å². The van der Waals surface area contributed by atoms with Gasteiger partial charge < -0.3 is 28.2 Å². The summed E-state index contributed by atoms with van der Waals surface area (Å²) in [7, 11) is 2.04. The minimum atomic E-state index is -0.728. The predicted molar refractivity (Wildman–Crippen MR) is 115 cm³/mol. The van der Waals surface area contributed by atoms with Gasteiger partial charge in [-0.15, -0.1) is 0 Å². The van der Waals surface area contributed by atoms with Crippen LogP contribution in [0.5, 0.6) is 0 Å². The number of nitrogens with zero attached hydrogens (tertiary/aromatic N) is 3. The molecule has 1 aliphatic heterocycles. The highest BCUT2D eigenvalue weighted by Gasteiger charge is 2.23. The van der Waals surface area contributed by atoms with Gasteiger partial charge in [-0.2, -0.15) is 0 Å². The molecule has 2 aromatic rings. The maximum atomic E-state index is 12.6. The molecule has 1 unspecified atom stereocenters. The summed E-state index contributed by atoms with van der Waals surface area (Å²) in [6, 6.07) is 1.79. The summed E-state index contributed by atoms with van der Waals surface area (Å²) < 4.78 is 20.3. The molecule has 166 valence electrons. The Morgan fingerprint density at radius 1 is 1.30 bits per heavy atom. The molecule has 0 amide bonds. The summed E-state index contributed by atoms with van der Waals surface area (Å²) in [6.07, 6.45) is 1.80. The summed E-state index contributed by atoms with van der Waals surface area (Å²) >= 11 is 5.32. The highest BCUT2D eigenvalue weighted by atomic mass is 32.1. The van der Waals surface area contributed by atoms with Gasteiger partial charge in [-0.3, -0.25) is 9.78 Å². The number of likely N-dealkylation sites (tertiary alicyclic amines) is 1. The van der Waals surface area contributed by atoms with E-state index in [0.29, 0.717) is 29.0 Å². The number of carbonyl (C=O) groups excluding carboxylic acids is 1. The fraction of sp³-hybridized carbons (Fsp3) is 0.650. The summed E-state index contributed by atoms with van der Waals surface area (Å²) in [6.45, 7) is 8.35. The van der Waals surface area contributed by atoms with Crippen LogP contribution in [-0.2, 0) is 20.8 Å². The van der Waals surface area contributed by atoms with Crippen LogP contribution in [0, 0.1) is 4.77 Å². The largest absolute Gasteiger partial charge is 0.510 e. The highest BCUT2D eigenvalue weighted by Crippen LogP contribution is 2.20. The SMILES string of the molecule is CC(C)OCCn1c(=S)[nH]c(=O)c2c1ccn2C(C)OC(=O)OC1CCN(C)CC1. The number of nitrogens with one attached hydrogen (secondary N) is 1. The first kappa shape index (κ1) is 22.5. The Kier molecular flexibility index (Phi) is 7.32. The van der Waals surface area contributed by atoms with Gasteiger partial charge in [-0.05, 0) is 58.9 Å². The number of rotatable bonds is 7. The fourth-order valence-electron chi connectivity index (χ4n) is 3.59. The van der Waals surface area contributed by atoms with Crippen molar-refractivity contribution in [1.29, 1.82) is 0 Å². The second kappa shape index (κ2) is 9.76. The van der Waals surface area contributed by atoms with E-state index in [2.05, 4.69) is 9.88 Å². The maximum Gasteiger partial charge on any atom is 0.510 e. The molecule has 0 aromatic carbocycles. The van der Waals surface area contributed by atoms with Crippen molar-refractivity contribution in [1.82, 2.24) is 19.0 Å². The summed E-state index contributed by atoms with van der Waals surface area (Å²) in [5.74, 6) is 0. The molecule has 0 bridgehead atoms. The molecule has 3 rings (SSSR count). The van der Waals surface area contributed by atoms with Crippen LogP contribution in [0.3, 0.4) is 0 Å². The van der Waals surface area contributed by atoms with Gasteiger partial charge in [0.2, 0.25) is 0 Å². The van der Waals surface area contributed by atoms with Crippen molar-refractivity contribution >= 4 is 29.4 Å². The highest BCUT2D eigenvalue weighted by molar-refractivity contribution is 7.71. The van der Waals surface area contributed by atoms with E-state index in [0.717, 1.165) is 25.9 Å². The van der Waals surface area contributed by atoms with E-state index in [-0.39, 0.29) is 17.8 Å². The lowest BCUT2D eigenvalue weighted by Gasteiger charge is -2.28. The number of fused-ring (bicyclic) bond motifs is 1. The van der Waals surface area contributed by atoms with Crippen LogP contribution >= 0.6 is 12.2 Å². The van der Waals surface area contributed by atoms with Gasteiger partial charge in [0.05, 0.1) is 18.2 Å². The number of H-pyrrole nitrogens is 1. The third-order valence-electron chi connectivity index (χ3n) is 5.22. The van der Waals surface area contributed by atoms with Crippen LogP contribution in [0.2, 0.25) is 0 Å². The fourth-order valence-corrected chi connectivity index (χ4v) is 3.87. The van der Waals surface area contributed by atoms with Crippen molar-refractivity contribution in [2.24, 2.45) is 0 Å². The first-order chi connectivity index (χ1) is 14.3. The Hall–Kier alpha value is -2.17. The number of carbonyl (C=O) groups is 1. The first-order valence-corrected chi connectivity index (χ1v) is 10.7. The van der Waals surface area contributed by atoms with Crippen LogP contribution in [0.1, 0.15) is 39.8 Å². The molecule has 1 fully saturated rings. The van der Waals surface area contributed by atoms with Crippen LogP contribution in [-0.4, -0.2) is 64.1 Å². The van der Waals surface area contributed by atoms with E-state index in [4.69, 9.17) is 26.4 Å². The number of aromatic nitrogens is 3. The molecule has 10 heteroatoms. The van der Waals surface area contributed by atoms with E-state index < -0.39 is 12.4 Å². The summed E-state index contributed by atoms with van der Waals surface area (Å²) in [5, 5.41) is 0.